The zero-order valence-electron chi connectivity index (χ0n) is 19.4. The lowest BCUT2D eigenvalue weighted by atomic mass is 10.1. The molecule has 8 nitrogen and oxygen atoms in total. The number of aliphatic carboxylic acids is 1. The molecular weight excluding hydrogens is 409 g/mol. The second-order valence-electron chi connectivity index (χ2n) is 8.96. The van der Waals surface area contributed by atoms with Crippen LogP contribution in [0, 0.1) is 0 Å². The van der Waals surface area contributed by atoms with E-state index in [9.17, 15) is 19.4 Å². The van der Waals surface area contributed by atoms with Crippen LogP contribution in [0.5, 0.6) is 0 Å². The van der Waals surface area contributed by atoms with Gasteiger partial charge in [-0.2, -0.15) is 0 Å². The number of unbranched alkanes of at least 4 members (excludes halogenated alkanes) is 11. The van der Waals surface area contributed by atoms with Crippen molar-refractivity contribution in [3.63, 3.8) is 0 Å². The third-order valence-corrected chi connectivity index (χ3v) is 6.07. The van der Waals surface area contributed by atoms with Gasteiger partial charge in [-0.05, 0) is 6.42 Å². The van der Waals surface area contributed by atoms with Crippen molar-refractivity contribution < 1.29 is 38.0 Å². The highest BCUT2D eigenvalue weighted by atomic mass is 31.2. The van der Waals surface area contributed by atoms with Crippen LogP contribution in [0.1, 0.15) is 90.4 Å². The Hall–Kier alpha value is -0.500. The molecule has 9 heteroatoms. The fourth-order valence-electron chi connectivity index (χ4n) is 3.19. The highest BCUT2D eigenvalue weighted by Crippen LogP contribution is 2.46. The molecule has 0 bridgehead atoms. The van der Waals surface area contributed by atoms with E-state index in [1.54, 1.807) is 21.1 Å². The van der Waals surface area contributed by atoms with Gasteiger partial charge in [-0.3, -0.25) is 13.8 Å². The van der Waals surface area contributed by atoms with Gasteiger partial charge in [0.2, 0.25) is 6.23 Å². The summed E-state index contributed by atoms with van der Waals surface area (Å²) in [6.45, 7) is 2.29. The number of phosphoric acid groups is 1. The van der Waals surface area contributed by atoms with E-state index in [-0.39, 0.29) is 11.1 Å². The Morgan fingerprint density at radius 3 is 1.73 bits per heavy atom. The van der Waals surface area contributed by atoms with Gasteiger partial charge < -0.3 is 19.6 Å². The van der Waals surface area contributed by atoms with Crippen molar-refractivity contribution in [2.75, 3.05) is 27.7 Å². The van der Waals surface area contributed by atoms with Crippen LogP contribution in [0.25, 0.3) is 0 Å². The maximum absolute atomic E-state index is 12.1. The first kappa shape index (κ1) is 29.5. The molecule has 3 N–H and O–H groups in total. The van der Waals surface area contributed by atoms with Crippen molar-refractivity contribution in [1.82, 2.24) is 0 Å². The first-order valence-corrected chi connectivity index (χ1v) is 12.9. The van der Waals surface area contributed by atoms with E-state index in [4.69, 9.17) is 14.2 Å². The molecule has 0 aliphatic heterocycles. The lowest BCUT2D eigenvalue weighted by molar-refractivity contribution is -0.922. The first-order valence-electron chi connectivity index (χ1n) is 11.4. The van der Waals surface area contributed by atoms with Gasteiger partial charge in [0, 0.05) is 0 Å². The Balaban J connectivity index is 3.97. The summed E-state index contributed by atoms with van der Waals surface area (Å²) in [6.07, 6.45) is 10.9. The smallest absolute Gasteiger partial charge is 0.472 e. The summed E-state index contributed by atoms with van der Waals surface area (Å²) in [5, 5.41) is 19.2. The summed E-state index contributed by atoms with van der Waals surface area (Å²) in [5.74, 6) is -1.23. The van der Waals surface area contributed by atoms with Crippen molar-refractivity contribution in [2.24, 2.45) is 0 Å². The zero-order chi connectivity index (χ0) is 23.0. The molecule has 0 saturated heterocycles. The molecule has 0 aromatic carbocycles. The van der Waals surface area contributed by atoms with Crippen LogP contribution in [0.2, 0.25) is 0 Å². The maximum Gasteiger partial charge on any atom is 0.472 e. The van der Waals surface area contributed by atoms with E-state index >= 15 is 0 Å². The molecule has 0 aliphatic rings. The number of carboxylic acids is 1. The molecule has 2 unspecified atom stereocenters. The molecule has 30 heavy (non-hydrogen) atoms. The molecule has 0 heterocycles. The van der Waals surface area contributed by atoms with Crippen LogP contribution in [0.4, 0.5) is 0 Å². The summed E-state index contributed by atoms with van der Waals surface area (Å²) in [4.78, 5) is 20.9. The molecular formula is C21H45NO7P+. The van der Waals surface area contributed by atoms with E-state index < -0.39 is 32.5 Å². The van der Waals surface area contributed by atoms with Crippen molar-refractivity contribution in [3.8, 4) is 0 Å². The molecule has 0 fully saturated rings. The van der Waals surface area contributed by atoms with Gasteiger partial charge in [0.25, 0.3) is 0 Å². The monoisotopic (exact) mass is 454 g/mol. The number of rotatable bonds is 20. The fourth-order valence-corrected chi connectivity index (χ4v) is 4.14. The minimum Gasteiger partial charge on any atom is -0.481 e. The lowest BCUT2D eigenvalue weighted by Crippen LogP contribution is -2.52. The topological polar surface area (TPSA) is 113 Å². The van der Waals surface area contributed by atoms with Gasteiger partial charge in [0.05, 0.1) is 34.2 Å². The van der Waals surface area contributed by atoms with Crippen LogP contribution in [0.3, 0.4) is 0 Å². The first-order chi connectivity index (χ1) is 14.0. The molecule has 0 amide bonds. The minimum atomic E-state index is -4.44. The van der Waals surface area contributed by atoms with E-state index in [2.05, 4.69) is 6.92 Å². The molecule has 0 rings (SSSR count). The quantitative estimate of drug-likeness (QED) is 0.106. The van der Waals surface area contributed by atoms with Crippen LogP contribution < -0.4 is 0 Å². The molecule has 0 aromatic heterocycles. The number of nitrogens with zero attached hydrogens (tertiary/aromatic N) is 1. The Bertz CT molecular complexity index is 496. The predicted octanol–water partition coefficient (Wildman–Crippen LogP) is 4.69. The number of quaternary nitrogens is 1. The van der Waals surface area contributed by atoms with Crippen LogP contribution in [-0.4, -0.2) is 65.6 Å². The largest absolute Gasteiger partial charge is 0.481 e. The van der Waals surface area contributed by atoms with Crippen molar-refractivity contribution in [3.05, 3.63) is 0 Å². The third kappa shape index (κ3) is 16.2. The molecule has 0 spiro atoms. The van der Waals surface area contributed by atoms with Gasteiger partial charge in [0.1, 0.15) is 0 Å². The van der Waals surface area contributed by atoms with Crippen molar-refractivity contribution in [1.29, 1.82) is 0 Å². The number of likely N-dealkylation sites (N-methyl/N-ethyl adjacent to an activating group) is 1. The molecule has 180 valence electrons. The van der Waals surface area contributed by atoms with Crippen molar-refractivity contribution >= 4 is 13.8 Å². The SMILES string of the molecule is CCCCCCCCCCCCCCOP(=O)(O)O[C@H](CC(=O)O)C(O)[N+](C)(C)C. The Morgan fingerprint density at radius 1 is 0.900 bits per heavy atom. The van der Waals surface area contributed by atoms with Gasteiger partial charge in [0.15, 0.2) is 6.10 Å². The fraction of sp³-hybridized carbons (Fsp3) is 0.952. The van der Waals surface area contributed by atoms with Crippen LogP contribution in [0.15, 0.2) is 0 Å². The molecule has 0 aliphatic carbocycles. The van der Waals surface area contributed by atoms with Crippen LogP contribution in [-0.2, 0) is 18.4 Å². The minimum absolute atomic E-state index is 0.0311. The van der Waals surface area contributed by atoms with Crippen LogP contribution >= 0.6 is 7.82 Å². The van der Waals surface area contributed by atoms with Gasteiger partial charge in [-0.15, -0.1) is 0 Å². The number of phosphoric ester groups is 1. The van der Waals surface area contributed by atoms with Crippen molar-refractivity contribution in [2.45, 2.75) is 103 Å². The van der Waals surface area contributed by atoms with Gasteiger partial charge in [-0.1, -0.05) is 77.6 Å². The number of hydrogen-bond donors (Lipinski definition) is 3. The summed E-state index contributed by atoms with van der Waals surface area (Å²) in [5.41, 5.74) is 0. The summed E-state index contributed by atoms with van der Waals surface area (Å²) in [6, 6.07) is 0. The normalized spacial score (nSPS) is 16.2. The second kappa shape index (κ2) is 16.2. The van der Waals surface area contributed by atoms with Gasteiger partial charge in [-0.25, -0.2) is 4.57 Å². The third-order valence-electron chi connectivity index (χ3n) is 5.02. The van der Waals surface area contributed by atoms with E-state index in [1.165, 1.54) is 51.4 Å². The van der Waals surface area contributed by atoms with Gasteiger partial charge >= 0.3 is 13.8 Å². The molecule has 0 saturated carbocycles. The number of aliphatic hydroxyl groups excluding tert-OH is 1. The summed E-state index contributed by atoms with van der Waals surface area (Å²) in [7, 11) is 0.468. The average Bonchev–Trinajstić information content (AvgIpc) is 2.63. The highest BCUT2D eigenvalue weighted by molar-refractivity contribution is 7.47. The number of hydrogen-bond acceptors (Lipinski definition) is 5. The number of aliphatic hydroxyl groups is 1. The van der Waals surface area contributed by atoms with E-state index in [0.717, 1.165) is 19.3 Å². The molecule has 0 radical (unpaired) electrons. The molecule has 0 aromatic rings. The maximum atomic E-state index is 12.1. The summed E-state index contributed by atoms with van der Waals surface area (Å²) >= 11 is 0. The predicted molar refractivity (Wildman–Crippen MR) is 118 cm³/mol. The van der Waals surface area contributed by atoms with E-state index in [1.807, 2.05) is 0 Å². The number of carboxylic acid groups (broad SMARTS) is 1. The molecule has 3 atom stereocenters. The second-order valence-corrected chi connectivity index (χ2v) is 10.4. The Labute approximate surface area is 182 Å². The average molecular weight is 455 g/mol. The summed E-state index contributed by atoms with van der Waals surface area (Å²) < 4.78 is 22.1. The standard InChI is InChI=1S/C21H44NO7P/c1-5-6-7-8-9-10-11-12-13-14-15-16-17-28-30(26,27)29-19(18-20(23)24)21(25)22(2,3)4/h19,21,25H,5-18H2,1-4H3,(H-,23,24,26,27)/p+1/t19-,21?/m1/s1. The highest BCUT2D eigenvalue weighted by Gasteiger charge is 2.39. The zero-order valence-corrected chi connectivity index (χ0v) is 20.3. The Morgan fingerprint density at radius 2 is 1.33 bits per heavy atom. The Kier molecular flexibility index (Phi) is 15.9. The number of carbonyl (C=O) groups is 1. The lowest BCUT2D eigenvalue weighted by Gasteiger charge is -2.34. The van der Waals surface area contributed by atoms with E-state index in [0.29, 0.717) is 6.42 Å².